The highest BCUT2D eigenvalue weighted by atomic mass is 35.5. The largest absolute Gasteiger partial charge is 0.388 e. The van der Waals surface area contributed by atoms with Gasteiger partial charge in [0.25, 0.3) is 0 Å². The molecule has 0 saturated heterocycles. The van der Waals surface area contributed by atoms with Gasteiger partial charge in [0.05, 0.1) is 16.1 Å². The fourth-order valence-corrected chi connectivity index (χ4v) is 2.80. The number of aliphatic hydroxyl groups is 1. The van der Waals surface area contributed by atoms with Crippen molar-refractivity contribution >= 4 is 35.0 Å². The first kappa shape index (κ1) is 14.7. The number of hydrogen-bond acceptors (Lipinski definition) is 2. The standard InChI is InChI=1S/C15H14Cl2OS/c1-10-2-5-12(6-3-10)19-9-15(18)11-4-7-13(16)14(17)8-11/h2-8,15,18H,9H2,1H3. The number of benzene rings is 2. The van der Waals surface area contributed by atoms with E-state index in [1.165, 1.54) is 5.56 Å². The average Bonchev–Trinajstić information content (AvgIpc) is 2.41. The Hall–Kier alpha value is -0.670. The molecule has 4 heteroatoms. The van der Waals surface area contributed by atoms with Crippen LogP contribution in [0.4, 0.5) is 0 Å². The highest BCUT2D eigenvalue weighted by Gasteiger charge is 2.10. The first-order valence-electron chi connectivity index (χ1n) is 5.89. The summed E-state index contributed by atoms with van der Waals surface area (Å²) < 4.78 is 0. The number of thioether (sulfide) groups is 1. The van der Waals surface area contributed by atoms with Gasteiger partial charge in [-0.25, -0.2) is 0 Å². The lowest BCUT2D eigenvalue weighted by atomic mass is 10.1. The van der Waals surface area contributed by atoms with Gasteiger partial charge in [-0.2, -0.15) is 0 Å². The third-order valence-corrected chi connectivity index (χ3v) is 4.58. The Morgan fingerprint density at radius 1 is 1.05 bits per heavy atom. The van der Waals surface area contributed by atoms with Crippen molar-refractivity contribution in [2.24, 2.45) is 0 Å². The molecular weight excluding hydrogens is 299 g/mol. The quantitative estimate of drug-likeness (QED) is 0.790. The minimum atomic E-state index is -0.555. The van der Waals surface area contributed by atoms with Gasteiger partial charge in [-0.3, -0.25) is 0 Å². The maximum atomic E-state index is 10.1. The highest BCUT2D eigenvalue weighted by Crippen LogP contribution is 2.29. The molecule has 0 amide bonds. The number of aliphatic hydroxyl groups excluding tert-OH is 1. The Morgan fingerprint density at radius 3 is 2.37 bits per heavy atom. The van der Waals surface area contributed by atoms with Gasteiger partial charge in [0.2, 0.25) is 0 Å². The predicted octanol–water partition coefficient (Wildman–Crippen LogP) is 5.13. The van der Waals surface area contributed by atoms with Crippen molar-refractivity contribution < 1.29 is 5.11 Å². The van der Waals surface area contributed by atoms with E-state index in [4.69, 9.17) is 23.2 Å². The molecule has 1 N–H and O–H groups in total. The lowest BCUT2D eigenvalue weighted by Crippen LogP contribution is -2.00. The molecule has 0 aliphatic carbocycles. The molecule has 2 rings (SSSR count). The summed E-state index contributed by atoms with van der Waals surface area (Å²) in [6.07, 6.45) is -0.555. The molecule has 0 saturated carbocycles. The van der Waals surface area contributed by atoms with E-state index in [1.807, 2.05) is 0 Å². The molecule has 0 aliphatic rings. The normalized spacial score (nSPS) is 12.4. The lowest BCUT2D eigenvalue weighted by molar-refractivity contribution is 0.204. The molecule has 2 aromatic rings. The zero-order valence-electron chi connectivity index (χ0n) is 10.4. The first-order chi connectivity index (χ1) is 9.06. The second kappa shape index (κ2) is 6.67. The van der Waals surface area contributed by atoms with Crippen molar-refractivity contribution in [1.29, 1.82) is 0 Å². The third kappa shape index (κ3) is 4.15. The van der Waals surface area contributed by atoms with Crippen molar-refractivity contribution in [3.8, 4) is 0 Å². The summed E-state index contributed by atoms with van der Waals surface area (Å²) in [5.74, 6) is 0.584. The van der Waals surface area contributed by atoms with Gasteiger partial charge in [0.15, 0.2) is 0 Å². The van der Waals surface area contributed by atoms with Crippen molar-refractivity contribution in [2.75, 3.05) is 5.75 Å². The summed E-state index contributed by atoms with van der Waals surface area (Å²) >= 11 is 13.4. The molecule has 19 heavy (non-hydrogen) atoms. The average molecular weight is 313 g/mol. The van der Waals surface area contributed by atoms with Gasteiger partial charge < -0.3 is 5.11 Å². The van der Waals surface area contributed by atoms with Crippen LogP contribution in [0.1, 0.15) is 17.2 Å². The van der Waals surface area contributed by atoms with Crippen LogP contribution in [-0.4, -0.2) is 10.9 Å². The summed E-state index contributed by atoms with van der Waals surface area (Å²) in [4.78, 5) is 1.14. The van der Waals surface area contributed by atoms with Crippen LogP contribution >= 0.6 is 35.0 Å². The highest BCUT2D eigenvalue weighted by molar-refractivity contribution is 7.99. The molecule has 100 valence electrons. The molecule has 0 aliphatic heterocycles. The van der Waals surface area contributed by atoms with Crippen LogP contribution in [0, 0.1) is 6.92 Å². The van der Waals surface area contributed by atoms with Gasteiger partial charge in [0.1, 0.15) is 0 Å². The Morgan fingerprint density at radius 2 is 1.74 bits per heavy atom. The zero-order chi connectivity index (χ0) is 13.8. The molecule has 0 bridgehead atoms. The van der Waals surface area contributed by atoms with E-state index in [9.17, 15) is 5.11 Å². The summed E-state index contributed by atoms with van der Waals surface area (Å²) in [7, 11) is 0. The van der Waals surface area contributed by atoms with Crippen molar-refractivity contribution in [3.63, 3.8) is 0 Å². The van der Waals surface area contributed by atoms with Crippen molar-refractivity contribution in [3.05, 3.63) is 63.6 Å². The summed E-state index contributed by atoms with van der Waals surface area (Å²) in [5, 5.41) is 11.1. The van der Waals surface area contributed by atoms with Crippen LogP contribution in [0.3, 0.4) is 0 Å². The molecule has 0 radical (unpaired) electrons. The molecule has 1 unspecified atom stereocenters. The Balaban J connectivity index is 1.98. The topological polar surface area (TPSA) is 20.2 Å². The Labute approximate surface area is 127 Å². The van der Waals surface area contributed by atoms with Gasteiger partial charge in [-0.05, 0) is 36.8 Å². The third-order valence-electron chi connectivity index (χ3n) is 2.76. The number of hydrogen-bond donors (Lipinski definition) is 1. The van der Waals surface area contributed by atoms with E-state index in [0.717, 1.165) is 10.5 Å². The van der Waals surface area contributed by atoms with Crippen molar-refractivity contribution in [2.45, 2.75) is 17.9 Å². The van der Waals surface area contributed by atoms with Crippen LogP contribution in [0.5, 0.6) is 0 Å². The van der Waals surface area contributed by atoms with E-state index in [-0.39, 0.29) is 0 Å². The summed E-state index contributed by atoms with van der Waals surface area (Å²) in [6.45, 7) is 2.05. The fourth-order valence-electron chi connectivity index (χ4n) is 1.63. The number of aryl methyl sites for hydroxylation is 1. The molecule has 1 atom stereocenters. The second-order valence-electron chi connectivity index (χ2n) is 4.31. The Bertz CT molecular complexity index is 555. The minimum Gasteiger partial charge on any atom is -0.388 e. The fraction of sp³-hybridized carbons (Fsp3) is 0.200. The molecule has 1 nitrogen and oxygen atoms in total. The van der Waals surface area contributed by atoms with E-state index in [2.05, 4.69) is 31.2 Å². The van der Waals surface area contributed by atoms with Crippen LogP contribution in [-0.2, 0) is 0 Å². The second-order valence-corrected chi connectivity index (χ2v) is 6.22. The maximum Gasteiger partial charge on any atom is 0.0884 e. The molecular formula is C15H14Cl2OS. The SMILES string of the molecule is Cc1ccc(SCC(O)c2ccc(Cl)c(Cl)c2)cc1. The summed E-state index contributed by atoms with van der Waals surface area (Å²) in [6, 6.07) is 13.5. The van der Waals surface area contributed by atoms with Crippen LogP contribution < -0.4 is 0 Å². The van der Waals surface area contributed by atoms with E-state index < -0.39 is 6.10 Å². The van der Waals surface area contributed by atoms with E-state index in [0.29, 0.717) is 15.8 Å². The molecule has 2 aromatic carbocycles. The van der Waals surface area contributed by atoms with Crippen LogP contribution in [0.2, 0.25) is 10.0 Å². The van der Waals surface area contributed by atoms with Crippen molar-refractivity contribution in [1.82, 2.24) is 0 Å². The molecule has 0 fully saturated rings. The minimum absolute atomic E-state index is 0.471. The number of halogens is 2. The van der Waals surface area contributed by atoms with E-state index >= 15 is 0 Å². The van der Waals surface area contributed by atoms with E-state index in [1.54, 1.807) is 30.0 Å². The van der Waals surface area contributed by atoms with Crippen LogP contribution in [0.25, 0.3) is 0 Å². The monoisotopic (exact) mass is 312 g/mol. The number of rotatable bonds is 4. The predicted molar refractivity (Wildman–Crippen MR) is 83.3 cm³/mol. The van der Waals surface area contributed by atoms with Gasteiger partial charge in [-0.15, -0.1) is 11.8 Å². The zero-order valence-corrected chi connectivity index (χ0v) is 12.8. The first-order valence-corrected chi connectivity index (χ1v) is 7.63. The van der Waals surface area contributed by atoms with Gasteiger partial charge in [-0.1, -0.05) is 47.0 Å². The summed E-state index contributed by atoms with van der Waals surface area (Å²) in [5.41, 5.74) is 2.02. The van der Waals surface area contributed by atoms with Gasteiger partial charge in [0, 0.05) is 10.6 Å². The molecule has 0 aromatic heterocycles. The Kier molecular flexibility index (Phi) is 5.17. The maximum absolute atomic E-state index is 10.1. The molecule has 0 heterocycles. The van der Waals surface area contributed by atoms with Crippen LogP contribution in [0.15, 0.2) is 47.4 Å². The molecule has 0 spiro atoms. The lowest BCUT2D eigenvalue weighted by Gasteiger charge is -2.11. The smallest absolute Gasteiger partial charge is 0.0884 e. The van der Waals surface area contributed by atoms with Gasteiger partial charge >= 0.3 is 0 Å².